The van der Waals surface area contributed by atoms with E-state index < -0.39 is 0 Å². The highest BCUT2D eigenvalue weighted by Gasteiger charge is 2.51. The first-order chi connectivity index (χ1) is 17.0. The number of nitrogens with one attached hydrogen (secondary N) is 3. The van der Waals surface area contributed by atoms with Crippen LogP contribution >= 0.6 is 0 Å². The van der Waals surface area contributed by atoms with E-state index in [1.54, 1.807) is 14.2 Å². The molecular weight excluding hydrogens is 444 g/mol. The van der Waals surface area contributed by atoms with Gasteiger partial charge in [-0.15, -0.1) is 0 Å². The molecule has 0 aliphatic carbocycles. The molecule has 0 saturated carbocycles. The van der Waals surface area contributed by atoms with Crippen LogP contribution in [0.15, 0.2) is 48.5 Å². The van der Waals surface area contributed by atoms with Gasteiger partial charge in [0.05, 0.1) is 19.2 Å². The molecule has 3 fully saturated rings. The number of piperidine rings is 1. The average Bonchev–Trinajstić information content (AvgIpc) is 3.53. The Morgan fingerprint density at radius 3 is 2.49 bits per heavy atom. The summed E-state index contributed by atoms with van der Waals surface area (Å²) in [5, 5.41) is 2.72. The molecule has 2 aromatic rings. The molecule has 0 bridgehead atoms. The van der Waals surface area contributed by atoms with Crippen molar-refractivity contribution in [2.24, 2.45) is 0 Å². The number of hydrazine groups is 1. The summed E-state index contributed by atoms with van der Waals surface area (Å²) < 4.78 is 5.41. The van der Waals surface area contributed by atoms with Crippen molar-refractivity contribution in [2.75, 3.05) is 51.8 Å². The highest BCUT2D eigenvalue weighted by molar-refractivity contribution is 5.95. The van der Waals surface area contributed by atoms with Crippen LogP contribution in [-0.4, -0.2) is 74.3 Å². The molecule has 3 aliphatic rings. The van der Waals surface area contributed by atoms with Gasteiger partial charge in [0.1, 0.15) is 5.75 Å². The van der Waals surface area contributed by atoms with Crippen LogP contribution in [0.5, 0.6) is 5.75 Å². The minimum Gasteiger partial charge on any atom is -0.497 e. The first-order valence-corrected chi connectivity index (χ1v) is 12.3. The molecule has 5 rings (SSSR count). The number of urea groups is 2. The number of benzene rings is 2. The molecule has 0 unspecified atom stereocenters. The van der Waals surface area contributed by atoms with Gasteiger partial charge in [-0.1, -0.05) is 24.3 Å². The first kappa shape index (κ1) is 23.4. The minimum atomic E-state index is -0.331. The maximum Gasteiger partial charge on any atom is 0.325 e. The lowest BCUT2D eigenvalue weighted by molar-refractivity contribution is 0.0834. The lowest BCUT2D eigenvalue weighted by Crippen LogP contribution is -2.56. The number of likely N-dealkylation sites (tertiary alicyclic amines) is 1. The van der Waals surface area contributed by atoms with E-state index in [1.807, 2.05) is 39.0 Å². The molecule has 9 nitrogen and oxygen atoms in total. The van der Waals surface area contributed by atoms with Gasteiger partial charge in [-0.3, -0.25) is 15.8 Å². The molecule has 186 valence electrons. The summed E-state index contributed by atoms with van der Waals surface area (Å²) in [6, 6.07) is 16.2. The molecule has 1 spiro atoms. The van der Waals surface area contributed by atoms with E-state index in [0.29, 0.717) is 32.1 Å². The Kier molecular flexibility index (Phi) is 6.53. The lowest BCUT2D eigenvalue weighted by Gasteiger charge is -2.43. The van der Waals surface area contributed by atoms with Crippen LogP contribution in [0.25, 0.3) is 0 Å². The number of amides is 4. The molecule has 9 heteroatoms. The fourth-order valence-corrected chi connectivity index (χ4v) is 5.52. The third kappa shape index (κ3) is 4.53. The van der Waals surface area contributed by atoms with Crippen molar-refractivity contribution in [3.05, 3.63) is 59.7 Å². The van der Waals surface area contributed by atoms with Crippen LogP contribution in [0, 0.1) is 0 Å². The van der Waals surface area contributed by atoms with Crippen molar-refractivity contribution >= 4 is 17.7 Å². The zero-order chi connectivity index (χ0) is 24.4. The van der Waals surface area contributed by atoms with Crippen molar-refractivity contribution in [1.29, 1.82) is 0 Å². The molecule has 0 atom stereocenters. The van der Waals surface area contributed by atoms with E-state index in [9.17, 15) is 9.59 Å². The van der Waals surface area contributed by atoms with E-state index in [0.717, 1.165) is 42.9 Å². The van der Waals surface area contributed by atoms with Gasteiger partial charge in [0.2, 0.25) is 0 Å². The van der Waals surface area contributed by atoms with Gasteiger partial charge in [0.25, 0.3) is 0 Å². The summed E-state index contributed by atoms with van der Waals surface area (Å²) in [7, 11) is 3.31. The number of rotatable bonds is 5. The summed E-state index contributed by atoms with van der Waals surface area (Å²) >= 11 is 0. The number of anilines is 1. The number of methoxy groups -OCH3 is 1. The van der Waals surface area contributed by atoms with Gasteiger partial charge in [0.15, 0.2) is 0 Å². The maximum absolute atomic E-state index is 13.9. The third-order valence-electron chi connectivity index (χ3n) is 7.65. The van der Waals surface area contributed by atoms with E-state index in [-0.39, 0.29) is 17.6 Å². The number of carbonyl (C=O) groups is 2. The number of hydrogen-bond donors (Lipinski definition) is 3. The molecule has 3 saturated heterocycles. The van der Waals surface area contributed by atoms with Crippen LogP contribution in [-0.2, 0) is 6.54 Å². The van der Waals surface area contributed by atoms with Gasteiger partial charge in [0, 0.05) is 51.4 Å². The summed E-state index contributed by atoms with van der Waals surface area (Å²) in [6.07, 6.45) is 1.48. The highest BCUT2D eigenvalue weighted by Crippen LogP contribution is 2.40. The lowest BCUT2D eigenvalue weighted by atomic mass is 9.86. The van der Waals surface area contributed by atoms with Gasteiger partial charge in [-0.25, -0.2) is 9.59 Å². The van der Waals surface area contributed by atoms with Gasteiger partial charge < -0.3 is 19.9 Å². The second-order valence-corrected chi connectivity index (χ2v) is 9.62. The standard InChI is InChI=1S/C26H34N6O3/c1-27-24(33)30-12-10-26(11-13-30)18-31(22-8-6-20(7-9-22)21-15-28-29-16-21)25(34)32(26)17-19-4-3-5-23(14-19)35-2/h3-9,14,21,28-29H,10-13,15-18H2,1-2H3,(H,27,33). The molecule has 3 N–H and O–H groups in total. The van der Waals surface area contributed by atoms with E-state index >= 15 is 0 Å². The van der Waals surface area contributed by atoms with Crippen molar-refractivity contribution in [3.63, 3.8) is 0 Å². The molecule has 35 heavy (non-hydrogen) atoms. The average molecular weight is 479 g/mol. The van der Waals surface area contributed by atoms with Crippen LogP contribution in [0.4, 0.5) is 15.3 Å². The first-order valence-electron chi connectivity index (χ1n) is 12.3. The van der Waals surface area contributed by atoms with E-state index in [2.05, 4.69) is 40.4 Å². The Hall–Kier alpha value is -3.30. The Morgan fingerprint density at radius 2 is 1.83 bits per heavy atom. The summed E-state index contributed by atoms with van der Waals surface area (Å²) in [6.45, 7) is 4.17. The van der Waals surface area contributed by atoms with E-state index in [4.69, 9.17) is 4.74 Å². The molecule has 0 aromatic heterocycles. The Morgan fingerprint density at radius 1 is 1.11 bits per heavy atom. The third-order valence-corrected chi connectivity index (χ3v) is 7.65. The number of carbonyl (C=O) groups excluding carboxylic acids is 2. The molecule has 2 aromatic carbocycles. The van der Waals surface area contributed by atoms with Crippen LogP contribution in [0.3, 0.4) is 0 Å². The molecule has 3 heterocycles. The molecule has 3 aliphatic heterocycles. The zero-order valence-corrected chi connectivity index (χ0v) is 20.4. The van der Waals surface area contributed by atoms with Crippen molar-refractivity contribution in [2.45, 2.75) is 30.8 Å². The summed E-state index contributed by atoms with van der Waals surface area (Å²) in [5.41, 5.74) is 9.23. The number of hydrogen-bond acceptors (Lipinski definition) is 5. The highest BCUT2D eigenvalue weighted by atomic mass is 16.5. The van der Waals surface area contributed by atoms with Gasteiger partial charge >= 0.3 is 12.1 Å². The summed E-state index contributed by atoms with van der Waals surface area (Å²) in [4.78, 5) is 31.8. The fourth-order valence-electron chi connectivity index (χ4n) is 5.52. The minimum absolute atomic E-state index is 0.0122. The smallest absolute Gasteiger partial charge is 0.325 e. The SMILES string of the molecule is CNC(=O)N1CCC2(CC1)CN(c1ccc(C3CNNC3)cc1)C(=O)N2Cc1cccc(OC)c1. The predicted octanol–water partition coefficient (Wildman–Crippen LogP) is 2.50. The second-order valence-electron chi connectivity index (χ2n) is 9.62. The second kappa shape index (κ2) is 9.75. The Balaban J connectivity index is 1.41. The van der Waals surface area contributed by atoms with E-state index in [1.165, 1.54) is 5.56 Å². The monoisotopic (exact) mass is 478 g/mol. The van der Waals surface area contributed by atoms with Gasteiger partial charge in [-0.05, 0) is 48.2 Å². The molecule has 0 radical (unpaired) electrons. The van der Waals surface area contributed by atoms with Gasteiger partial charge in [-0.2, -0.15) is 0 Å². The Bertz CT molecular complexity index is 1060. The van der Waals surface area contributed by atoms with Crippen LogP contribution in [0.2, 0.25) is 0 Å². The fraction of sp³-hybridized carbons (Fsp3) is 0.462. The zero-order valence-electron chi connectivity index (χ0n) is 20.4. The molecular formula is C26H34N6O3. The largest absolute Gasteiger partial charge is 0.497 e. The van der Waals surface area contributed by atoms with Crippen LogP contribution < -0.4 is 25.8 Å². The van der Waals surface area contributed by atoms with Crippen molar-refractivity contribution in [1.82, 2.24) is 26.0 Å². The quantitative estimate of drug-likeness (QED) is 0.615. The van der Waals surface area contributed by atoms with Crippen LogP contribution in [0.1, 0.15) is 29.9 Å². The molecule has 4 amide bonds. The number of nitrogens with zero attached hydrogens (tertiary/aromatic N) is 3. The summed E-state index contributed by atoms with van der Waals surface area (Å²) in [5.74, 6) is 1.21. The maximum atomic E-state index is 13.9. The van der Waals surface area contributed by atoms with Crippen molar-refractivity contribution < 1.29 is 14.3 Å². The van der Waals surface area contributed by atoms with Crippen molar-refractivity contribution in [3.8, 4) is 5.75 Å². The normalized spacial score (nSPS) is 20.1. The number of ether oxygens (including phenoxy) is 1. The topological polar surface area (TPSA) is 89.2 Å². The Labute approximate surface area is 206 Å². The predicted molar refractivity (Wildman–Crippen MR) is 134 cm³/mol.